The van der Waals surface area contributed by atoms with Gasteiger partial charge in [-0.15, -0.1) is 0 Å². The number of aromatic nitrogens is 4. The van der Waals surface area contributed by atoms with Crippen LogP contribution in [0.5, 0.6) is 11.9 Å². The summed E-state index contributed by atoms with van der Waals surface area (Å²) in [7, 11) is 3.09. The summed E-state index contributed by atoms with van der Waals surface area (Å²) in [5.74, 6) is 1.36. The van der Waals surface area contributed by atoms with Gasteiger partial charge in [0.1, 0.15) is 11.4 Å². The molecule has 1 aliphatic heterocycles. The van der Waals surface area contributed by atoms with Gasteiger partial charge in [-0.2, -0.15) is 4.98 Å². The first-order chi connectivity index (χ1) is 13.5. The van der Waals surface area contributed by atoms with E-state index >= 15 is 0 Å². The van der Waals surface area contributed by atoms with Crippen LogP contribution in [-0.2, 0) is 12.1 Å². The highest BCUT2D eigenvalue weighted by atomic mass is 16.5. The molecule has 2 aliphatic rings. The molecule has 8 heteroatoms. The van der Waals surface area contributed by atoms with E-state index in [9.17, 15) is 5.11 Å². The molecule has 2 aromatic rings. The fourth-order valence-electron chi connectivity index (χ4n) is 4.75. The Bertz CT molecular complexity index is 815. The van der Waals surface area contributed by atoms with E-state index in [0.717, 1.165) is 50.3 Å². The molecule has 2 bridgehead atoms. The Balaban J connectivity index is 1.60. The normalized spacial score (nSPS) is 27.4. The molecule has 3 atom stereocenters. The van der Waals surface area contributed by atoms with Crippen molar-refractivity contribution in [3.05, 3.63) is 35.5 Å². The molecule has 1 saturated heterocycles. The molecule has 0 spiro atoms. The zero-order valence-corrected chi connectivity index (χ0v) is 16.6. The molecule has 4 rings (SSSR count). The predicted molar refractivity (Wildman–Crippen MR) is 102 cm³/mol. The van der Waals surface area contributed by atoms with Crippen LogP contribution in [0.1, 0.15) is 36.2 Å². The first-order valence-corrected chi connectivity index (χ1v) is 9.72. The summed E-state index contributed by atoms with van der Waals surface area (Å²) in [4.78, 5) is 19.5. The SMILES string of the molecule is COc1ncc(C2(O)[C@@H]3CCC[C@H]2CN(Cc2cnc(C)nc2)C3)c(OC)n1. The summed E-state index contributed by atoms with van der Waals surface area (Å²) < 4.78 is 10.6. The number of nitrogens with zero attached hydrogens (tertiary/aromatic N) is 5. The molecule has 150 valence electrons. The van der Waals surface area contributed by atoms with Gasteiger partial charge in [-0.25, -0.2) is 15.0 Å². The van der Waals surface area contributed by atoms with Gasteiger partial charge >= 0.3 is 6.01 Å². The Kier molecular flexibility index (Phi) is 5.16. The van der Waals surface area contributed by atoms with Gasteiger partial charge in [-0.3, -0.25) is 4.90 Å². The van der Waals surface area contributed by atoms with Crippen molar-refractivity contribution in [2.75, 3.05) is 27.3 Å². The van der Waals surface area contributed by atoms with Crippen LogP contribution in [0.4, 0.5) is 0 Å². The van der Waals surface area contributed by atoms with Gasteiger partial charge in [0, 0.05) is 55.6 Å². The number of fused-ring (bicyclic) bond motifs is 2. The van der Waals surface area contributed by atoms with Crippen LogP contribution < -0.4 is 9.47 Å². The average Bonchev–Trinajstić information content (AvgIpc) is 2.70. The maximum Gasteiger partial charge on any atom is 0.319 e. The largest absolute Gasteiger partial charge is 0.481 e. The van der Waals surface area contributed by atoms with Gasteiger partial charge in [0.25, 0.3) is 0 Å². The van der Waals surface area contributed by atoms with E-state index in [1.165, 1.54) is 7.11 Å². The Hall–Kier alpha value is -2.32. The van der Waals surface area contributed by atoms with Crippen molar-refractivity contribution in [1.29, 1.82) is 0 Å². The fourth-order valence-corrected chi connectivity index (χ4v) is 4.75. The lowest BCUT2D eigenvalue weighted by atomic mass is 9.63. The second kappa shape index (κ2) is 7.60. The first-order valence-electron chi connectivity index (χ1n) is 9.72. The maximum atomic E-state index is 11.9. The van der Waals surface area contributed by atoms with Crippen molar-refractivity contribution in [3.63, 3.8) is 0 Å². The van der Waals surface area contributed by atoms with Crippen LogP contribution in [0.15, 0.2) is 18.6 Å². The molecule has 2 fully saturated rings. The quantitative estimate of drug-likeness (QED) is 0.831. The van der Waals surface area contributed by atoms with E-state index in [2.05, 4.69) is 24.8 Å². The lowest BCUT2D eigenvalue weighted by Crippen LogP contribution is -2.58. The standard InChI is InChI=1S/C20H27N5O3/c1-13-21-7-14(8-22-13)10-25-11-15-5-4-6-16(12-25)20(15,26)17-9-23-19(28-3)24-18(17)27-2/h7-9,15-16,26H,4-6,10-12H2,1-3H3/t15-,16+,20?. The smallest absolute Gasteiger partial charge is 0.319 e. The van der Waals surface area contributed by atoms with Crippen molar-refractivity contribution in [1.82, 2.24) is 24.8 Å². The van der Waals surface area contributed by atoms with Gasteiger partial charge in [0.15, 0.2) is 0 Å². The van der Waals surface area contributed by atoms with Gasteiger partial charge in [-0.1, -0.05) is 6.42 Å². The molecule has 1 saturated carbocycles. The molecule has 8 nitrogen and oxygen atoms in total. The molecular weight excluding hydrogens is 358 g/mol. The van der Waals surface area contributed by atoms with Crippen LogP contribution >= 0.6 is 0 Å². The van der Waals surface area contributed by atoms with E-state index in [0.29, 0.717) is 11.4 Å². The van der Waals surface area contributed by atoms with E-state index in [1.54, 1.807) is 13.3 Å². The third-order valence-electron chi connectivity index (χ3n) is 6.09. The van der Waals surface area contributed by atoms with Crippen LogP contribution in [0.2, 0.25) is 0 Å². The monoisotopic (exact) mass is 385 g/mol. The summed E-state index contributed by atoms with van der Waals surface area (Å²) in [6, 6.07) is 0.242. The van der Waals surface area contributed by atoms with Gasteiger partial charge in [-0.05, 0) is 19.8 Å². The van der Waals surface area contributed by atoms with Gasteiger partial charge < -0.3 is 14.6 Å². The highest BCUT2D eigenvalue weighted by Crippen LogP contribution is 2.51. The number of methoxy groups -OCH3 is 2. The van der Waals surface area contributed by atoms with Crippen molar-refractivity contribution in [3.8, 4) is 11.9 Å². The van der Waals surface area contributed by atoms with Crippen LogP contribution in [0.3, 0.4) is 0 Å². The van der Waals surface area contributed by atoms with E-state index in [1.807, 2.05) is 19.3 Å². The zero-order valence-electron chi connectivity index (χ0n) is 16.6. The van der Waals surface area contributed by atoms with Crippen molar-refractivity contribution >= 4 is 0 Å². The Morgan fingerprint density at radius 3 is 2.36 bits per heavy atom. The number of aliphatic hydroxyl groups is 1. The van der Waals surface area contributed by atoms with Crippen LogP contribution in [-0.4, -0.2) is 57.3 Å². The minimum atomic E-state index is -0.990. The molecular formula is C20H27N5O3. The minimum Gasteiger partial charge on any atom is -0.481 e. The molecule has 0 aromatic carbocycles. The number of likely N-dealkylation sites (tertiary alicyclic amines) is 1. The molecule has 1 N–H and O–H groups in total. The second-order valence-electron chi connectivity index (χ2n) is 7.76. The van der Waals surface area contributed by atoms with Crippen LogP contribution in [0.25, 0.3) is 0 Å². The minimum absolute atomic E-state index is 0.0947. The van der Waals surface area contributed by atoms with E-state index < -0.39 is 5.60 Å². The zero-order chi connectivity index (χ0) is 19.7. The highest BCUT2D eigenvalue weighted by molar-refractivity contribution is 5.34. The summed E-state index contributed by atoms with van der Waals surface area (Å²) in [6.45, 7) is 4.28. The van der Waals surface area contributed by atoms with Crippen LogP contribution in [0, 0.1) is 18.8 Å². The Morgan fingerprint density at radius 1 is 1.07 bits per heavy atom. The maximum absolute atomic E-state index is 11.9. The number of hydrogen-bond acceptors (Lipinski definition) is 8. The molecule has 0 radical (unpaired) electrons. The molecule has 1 unspecified atom stereocenters. The van der Waals surface area contributed by atoms with Gasteiger partial charge in [0.05, 0.1) is 19.8 Å². The number of rotatable bonds is 5. The van der Waals surface area contributed by atoms with Crippen molar-refractivity contribution < 1.29 is 14.6 Å². The Labute approximate surface area is 165 Å². The van der Waals surface area contributed by atoms with Crippen molar-refractivity contribution in [2.45, 2.75) is 38.3 Å². The number of hydrogen-bond donors (Lipinski definition) is 1. The van der Waals surface area contributed by atoms with Crippen molar-refractivity contribution in [2.24, 2.45) is 11.8 Å². The fraction of sp³-hybridized carbons (Fsp3) is 0.600. The summed E-state index contributed by atoms with van der Waals surface area (Å²) in [5.41, 5.74) is 0.777. The van der Waals surface area contributed by atoms with Gasteiger partial charge in [0.2, 0.25) is 5.88 Å². The average molecular weight is 385 g/mol. The van der Waals surface area contributed by atoms with E-state index in [-0.39, 0.29) is 17.8 Å². The lowest BCUT2D eigenvalue weighted by Gasteiger charge is -2.53. The third-order valence-corrected chi connectivity index (χ3v) is 6.09. The molecule has 3 heterocycles. The third kappa shape index (κ3) is 3.31. The number of aryl methyl sites for hydroxylation is 1. The number of piperidine rings is 1. The first kappa shape index (κ1) is 19.0. The molecule has 1 aliphatic carbocycles. The summed E-state index contributed by atoms with van der Waals surface area (Å²) >= 11 is 0. The topological polar surface area (TPSA) is 93.5 Å². The predicted octanol–water partition coefficient (Wildman–Crippen LogP) is 1.71. The summed E-state index contributed by atoms with van der Waals surface area (Å²) in [6.07, 6.45) is 8.49. The molecule has 2 aromatic heterocycles. The Morgan fingerprint density at radius 2 is 1.75 bits per heavy atom. The second-order valence-corrected chi connectivity index (χ2v) is 7.76. The lowest BCUT2D eigenvalue weighted by molar-refractivity contribution is -0.149. The highest BCUT2D eigenvalue weighted by Gasteiger charge is 2.53. The molecule has 28 heavy (non-hydrogen) atoms. The summed E-state index contributed by atoms with van der Waals surface area (Å²) in [5, 5.41) is 11.9. The molecule has 0 amide bonds. The number of ether oxygens (including phenoxy) is 2. The van der Waals surface area contributed by atoms with E-state index in [4.69, 9.17) is 9.47 Å².